The van der Waals surface area contributed by atoms with Gasteiger partial charge in [0, 0.05) is 32.7 Å². The molecule has 3 nitrogen and oxygen atoms in total. The SMILES string of the molecule is c1ccc(-c2ccc(-c3ccccc3)c(-n3c4ccccc4c4cc(-c5ccc6c(c5)c5ccccc5n6-c5cccc6c5-c5ccccc5CO6)ccc43)c2)cc1. The molecular weight excluding hydrogens is 705 g/mol. The standard InChI is InChI=1S/C55H36N2O/c1-3-14-36(15-4-1)40-26-29-42(37-16-5-2-6-17-37)53(34-40)57-49-23-12-10-21-45(49)47-33-39(28-31-51(47)57)38-27-30-50-46(32-38)44-20-9-11-22-48(44)56(50)52-24-13-25-54-55(52)43-19-8-7-18-41(43)35-58-54/h1-34H,35H2. The predicted molar refractivity (Wildman–Crippen MR) is 241 cm³/mol. The Morgan fingerprint density at radius 3 is 1.55 bits per heavy atom. The van der Waals surface area contributed by atoms with E-state index >= 15 is 0 Å². The van der Waals surface area contributed by atoms with Crippen LogP contribution < -0.4 is 4.74 Å². The average Bonchev–Trinajstić information content (AvgIpc) is 3.81. The van der Waals surface area contributed by atoms with E-state index in [1.165, 1.54) is 88.1 Å². The molecule has 12 rings (SSSR count). The minimum atomic E-state index is 0.584. The summed E-state index contributed by atoms with van der Waals surface area (Å²) >= 11 is 0. The molecule has 0 amide bonds. The Labute approximate surface area is 336 Å². The molecule has 272 valence electrons. The van der Waals surface area contributed by atoms with Gasteiger partial charge in [0.2, 0.25) is 0 Å². The molecule has 0 radical (unpaired) electrons. The number of aromatic nitrogens is 2. The number of ether oxygens (including phenoxy) is 1. The number of benzene rings is 9. The van der Waals surface area contributed by atoms with Gasteiger partial charge in [-0.15, -0.1) is 0 Å². The van der Waals surface area contributed by atoms with Gasteiger partial charge in [-0.3, -0.25) is 0 Å². The quantitative estimate of drug-likeness (QED) is 0.172. The monoisotopic (exact) mass is 740 g/mol. The molecule has 3 heterocycles. The molecule has 0 spiro atoms. The first-order valence-electron chi connectivity index (χ1n) is 19.9. The fraction of sp³-hybridized carbons (Fsp3) is 0.0182. The molecule has 9 aromatic carbocycles. The van der Waals surface area contributed by atoms with Gasteiger partial charge in [-0.1, -0.05) is 152 Å². The predicted octanol–water partition coefficient (Wildman–Crippen LogP) is 14.4. The Kier molecular flexibility index (Phi) is 7.29. The summed E-state index contributed by atoms with van der Waals surface area (Å²) in [7, 11) is 0. The van der Waals surface area contributed by atoms with Crippen molar-refractivity contribution in [2.45, 2.75) is 6.61 Å². The minimum Gasteiger partial charge on any atom is -0.488 e. The molecule has 11 aromatic rings. The number of hydrogen-bond acceptors (Lipinski definition) is 1. The lowest BCUT2D eigenvalue weighted by molar-refractivity contribution is 0.302. The van der Waals surface area contributed by atoms with Crippen LogP contribution in [0, 0.1) is 0 Å². The lowest BCUT2D eigenvalue weighted by Crippen LogP contribution is -2.08. The molecule has 0 fully saturated rings. The molecule has 58 heavy (non-hydrogen) atoms. The first kappa shape index (κ1) is 32.6. The van der Waals surface area contributed by atoms with Crippen LogP contribution in [0.4, 0.5) is 0 Å². The van der Waals surface area contributed by atoms with Crippen LogP contribution in [0.1, 0.15) is 5.56 Å². The highest BCUT2D eigenvalue weighted by Crippen LogP contribution is 2.45. The number of nitrogens with zero attached hydrogens (tertiary/aromatic N) is 2. The topological polar surface area (TPSA) is 19.1 Å². The Bertz CT molecular complexity index is 3390. The molecule has 0 bridgehead atoms. The van der Waals surface area contributed by atoms with Gasteiger partial charge in [-0.25, -0.2) is 0 Å². The Morgan fingerprint density at radius 2 is 0.862 bits per heavy atom. The van der Waals surface area contributed by atoms with Gasteiger partial charge in [0.15, 0.2) is 0 Å². The van der Waals surface area contributed by atoms with E-state index in [9.17, 15) is 0 Å². The van der Waals surface area contributed by atoms with Crippen molar-refractivity contribution in [1.29, 1.82) is 0 Å². The van der Waals surface area contributed by atoms with Crippen LogP contribution in [-0.2, 0) is 6.61 Å². The summed E-state index contributed by atoms with van der Waals surface area (Å²) in [6.07, 6.45) is 0. The Balaban J connectivity index is 1.05. The third-order valence-corrected chi connectivity index (χ3v) is 12.0. The van der Waals surface area contributed by atoms with E-state index in [1.54, 1.807) is 0 Å². The lowest BCUT2D eigenvalue weighted by atomic mass is 9.95. The van der Waals surface area contributed by atoms with Crippen LogP contribution in [0.3, 0.4) is 0 Å². The summed E-state index contributed by atoms with van der Waals surface area (Å²) in [5.41, 5.74) is 17.8. The van der Waals surface area contributed by atoms with Crippen molar-refractivity contribution in [2.24, 2.45) is 0 Å². The van der Waals surface area contributed by atoms with Gasteiger partial charge in [0.25, 0.3) is 0 Å². The van der Waals surface area contributed by atoms with Gasteiger partial charge in [-0.2, -0.15) is 0 Å². The van der Waals surface area contributed by atoms with E-state index in [0.717, 1.165) is 22.7 Å². The fourth-order valence-corrected chi connectivity index (χ4v) is 9.36. The Hall–Kier alpha value is -7.62. The first-order valence-corrected chi connectivity index (χ1v) is 19.9. The van der Waals surface area contributed by atoms with Crippen LogP contribution in [0.5, 0.6) is 5.75 Å². The molecule has 0 saturated carbocycles. The fourth-order valence-electron chi connectivity index (χ4n) is 9.36. The number of fused-ring (bicyclic) bond motifs is 9. The second kappa shape index (κ2) is 13.0. The van der Waals surface area contributed by atoms with E-state index in [0.29, 0.717) is 6.61 Å². The average molecular weight is 741 g/mol. The van der Waals surface area contributed by atoms with Crippen LogP contribution in [-0.4, -0.2) is 9.13 Å². The zero-order valence-electron chi connectivity index (χ0n) is 31.6. The van der Waals surface area contributed by atoms with Crippen LogP contribution in [0.25, 0.3) is 99.5 Å². The Morgan fingerprint density at radius 1 is 0.328 bits per heavy atom. The van der Waals surface area contributed by atoms with Gasteiger partial charge < -0.3 is 13.9 Å². The molecule has 0 atom stereocenters. The van der Waals surface area contributed by atoms with Crippen molar-refractivity contribution in [2.75, 3.05) is 0 Å². The van der Waals surface area contributed by atoms with Gasteiger partial charge in [0.05, 0.1) is 33.4 Å². The van der Waals surface area contributed by atoms with Crippen molar-refractivity contribution in [3.05, 3.63) is 212 Å². The molecule has 2 aromatic heterocycles. The summed E-state index contributed by atoms with van der Waals surface area (Å²) in [6.45, 7) is 0.584. The number of rotatable bonds is 5. The summed E-state index contributed by atoms with van der Waals surface area (Å²) in [6, 6.07) is 74.9. The van der Waals surface area contributed by atoms with Crippen molar-refractivity contribution in [3.8, 4) is 61.6 Å². The van der Waals surface area contributed by atoms with Crippen molar-refractivity contribution in [1.82, 2.24) is 9.13 Å². The number of para-hydroxylation sites is 2. The molecular formula is C55H36N2O. The largest absolute Gasteiger partial charge is 0.488 e. The summed E-state index contributed by atoms with van der Waals surface area (Å²) in [4.78, 5) is 0. The van der Waals surface area contributed by atoms with E-state index in [4.69, 9.17) is 4.74 Å². The van der Waals surface area contributed by atoms with E-state index in [1.807, 2.05) is 0 Å². The third kappa shape index (κ3) is 5.00. The molecule has 1 aliphatic heterocycles. The van der Waals surface area contributed by atoms with Gasteiger partial charge >= 0.3 is 0 Å². The van der Waals surface area contributed by atoms with Gasteiger partial charge in [0.1, 0.15) is 12.4 Å². The molecule has 0 aliphatic carbocycles. The second-order valence-corrected chi connectivity index (χ2v) is 15.2. The second-order valence-electron chi connectivity index (χ2n) is 15.2. The van der Waals surface area contributed by atoms with Gasteiger partial charge in [-0.05, 0) is 93.5 Å². The zero-order valence-corrected chi connectivity index (χ0v) is 31.6. The van der Waals surface area contributed by atoms with Crippen LogP contribution in [0.15, 0.2) is 206 Å². The summed E-state index contributed by atoms with van der Waals surface area (Å²) in [5.74, 6) is 0.925. The van der Waals surface area contributed by atoms with Crippen molar-refractivity contribution >= 4 is 43.6 Å². The van der Waals surface area contributed by atoms with Crippen molar-refractivity contribution in [3.63, 3.8) is 0 Å². The molecule has 3 heteroatoms. The maximum absolute atomic E-state index is 6.33. The van der Waals surface area contributed by atoms with E-state index in [2.05, 4.69) is 215 Å². The maximum Gasteiger partial charge on any atom is 0.129 e. The first-order chi connectivity index (χ1) is 28.8. The molecule has 1 aliphatic rings. The lowest BCUT2D eigenvalue weighted by Gasteiger charge is -2.24. The normalized spacial score (nSPS) is 12.2. The highest BCUT2D eigenvalue weighted by molar-refractivity contribution is 6.13. The highest BCUT2D eigenvalue weighted by Gasteiger charge is 2.24. The third-order valence-electron chi connectivity index (χ3n) is 12.0. The summed E-state index contributed by atoms with van der Waals surface area (Å²) in [5, 5.41) is 4.92. The zero-order chi connectivity index (χ0) is 38.2. The smallest absolute Gasteiger partial charge is 0.129 e. The molecule has 0 unspecified atom stereocenters. The van der Waals surface area contributed by atoms with E-state index in [-0.39, 0.29) is 0 Å². The highest BCUT2D eigenvalue weighted by atomic mass is 16.5. The minimum absolute atomic E-state index is 0.584. The van der Waals surface area contributed by atoms with Crippen LogP contribution in [0.2, 0.25) is 0 Å². The molecule has 0 N–H and O–H groups in total. The number of hydrogen-bond donors (Lipinski definition) is 0. The molecule has 0 saturated heterocycles. The summed E-state index contributed by atoms with van der Waals surface area (Å²) < 4.78 is 11.2. The van der Waals surface area contributed by atoms with Crippen molar-refractivity contribution < 1.29 is 4.74 Å². The van der Waals surface area contributed by atoms with Crippen LogP contribution >= 0.6 is 0 Å². The van der Waals surface area contributed by atoms with E-state index < -0.39 is 0 Å². The maximum atomic E-state index is 6.33.